The van der Waals surface area contributed by atoms with Crippen LogP contribution in [0.15, 0.2) is 35.0 Å². The van der Waals surface area contributed by atoms with Crippen molar-refractivity contribution in [2.24, 2.45) is 0 Å². The molecule has 20 heavy (non-hydrogen) atoms. The molecule has 2 aromatic rings. The number of aromatic hydroxyl groups is 2. The van der Waals surface area contributed by atoms with E-state index in [4.69, 9.17) is 0 Å². The first kappa shape index (κ1) is 13.0. The van der Waals surface area contributed by atoms with Crippen LogP contribution < -0.4 is 0 Å². The molecule has 0 bridgehead atoms. The minimum Gasteiger partial charge on any atom is -0.504 e. The van der Waals surface area contributed by atoms with Gasteiger partial charge < -0.3 is 15.1 Å². The van der Waals surface area contributed by atoms with E-state index in [1.54, 1.807) is 17.4 Å². The molecule has 0 unspecified atom stereocenters. The van der Waals surface area contributed by atoms with Crippen molar-refractivity contribution >= 4 is 17.2 Å². The summed E-state index contributed by atoms with van der Waals surface area (Å²) < 4.78 is 0. The lowest BCUT2D eigenvalue weighted by Gasteiger charge is -2.22. The second kappa shape index (κ2) is 5.17. The summed E-state index contributed by atoms with van der Waals surface area (Å²) in [7, 11) is 0. The molecule has 0 saturated heterocycles. The largest absolute Gasteiger partial charge is 0.504 e. The van der Waals surface area contributed by atoms with Crippen molar-refractivity contribution in [3.8, 4) is 11.5 Å². The second-order valence-corrected chi connectivity index (χ2v) is 5.78. The fourth-order valence-electron chi connectivity index (χ4n) is 2.15. The summed E-state index contributed by atoms with van der Waals surface area (Å²) >= 11 is 1.61. The van der Waals surface area contributed by atoms with Gasteiger partial charge in [-0.15, -0.1) is 0 Å². The third-order valence-electron chi connectivity index (χ3n) is 3.40. The number of carbonyl (C=O) groups is 1. The van der Waals surface area contributed by atoms with Crippen molar-refractivity contribution < 1.29 is 15.0 Å². The monoisotopic (exact) mass is 289 g/mol. The van der Waals surface area contributed by atoms with E-state index in [2.05, 4.69) is 0 Å². The molecule has 5 heteroatoms. The van der Waals surface area contributed by atoms with Gasteiger partial charge in [-0.25, -0.2) is 0 Å². The fraction of sp³-hybridized carbons (Fsp3) is 0.267. The quantitative estimate of drug-likeness (QED) is 0.851. The molecule has 0 radical (unpaired) electrons. The molecule has 1 aliphatic carbocycles. The van der Waals surface area contributed by atoms with Crippen LogP contribution in [0.5, 0.6) is 11.5 Å². The minimum atomic E-state index is -0.262. The van der Waals surface area contributed by atoms with Crippen LogP contribution in [0.2, 0.25) is 0 Å². The number of benzene rings is 1. The lowest BCUT2D eigenvalue weighted by Crippen LogP contribution is -2.32. The predicted octanol–water partition coefficient (Wildman–Crippen LogP) is 2.96. The summed E-state index contributed by atoms with van der Waals surface area (Å²) in [6.07, 6.45) is 2.06. The smallest absolute Gasteiger partial charge is 0.254 e. The van der Waals surface area contributed by atoms with Crippen molar-refractivity contribution in [2.45, 2.75) is 25.4 Å². The van der Waals surface area contributed by atoms with Crippen LogP contribution >= 0.6 is 11.3 Å². The molecular weight excluding hydrogens is 274 g/mol. The molecule has 0 spiro atoms. The van der Waals surface area contributed by atoms with Crippen LogP contribution in [0.3, 0.4) is 0 Å². The highest BCUT2D eigenvalue weighted by molar-refractivity contribution is 7.07. The molecule has 0 aliphatic heterocycles. The van der Waals surface area contributed by atoms with Crippen molar-refractivity contribution in [1.82, 2.24) is 4.90 Å². The van der Waals surface area contributed by atoms with Crippen LogP contribution in [-0.4, -0.2) is 27.1 Å². The number of thiophene rings is 1. The van der Waals surface area contributed by atoms with Gasteiger partial charge in [-0.3, -0.25) is 4.79 Å². The first-order valence-corrected chi connectivity index (χ1v) is 7.43. The van der Waals surface area contributed by atoms with E-state index in [-0.39, 0.29) is 17.4 Å². The van der Waals surface area contributed by atoms with Crippen molar-refractivity contribution in [1.29, 1.82) is 0 Å². The van der Waals surface area contributed by atoms with Gasteiger partial charge in [0.2, 0.25) is 0 Å². The van der Waals surface area contributed by atoms with E-state index in [1.165, 1.54) is 12.1 Å². The van der Waals surface area contributed by atoms with Crippen molar-refractivity contribution in [3.05, 3.63) is 46.2 Å². The summed E-state index contributed by atoms with van der Waals surface area (Å²) in [5, 5.41) is 22.9. The average molecular weight is 289 g/mol. The van der Waals surface area contributed by atoms with E-state index in [9.17, 15) is 15.0 Å². The molecule has 2 N–H and O–H groups in total. The molecule has 1 aromatic carbocycles. The number of nitrogens with zero attached hydrogens (tertiary/aromatic N) is 1. The Bertz CT molecular complexity index is 620. The zero-order valence-electron chi connectivity index (χ0n) is 10.8. The Morgan fingerprint density at radius 3 is 2.65 bits per heavy atom. The third-order valence-corrected chi connectivity index (χ3v) is 4.14. The Morgan fingerprint density at radius 2 is 2.05 bits per heavy atom. The first-order valence-electron chi connectivity index (χ1n) is 6.49. The van der Waals surface area contributed by atoms with Gasteiger partial charge in [-0.2, -0.15) is 11.3 Å². The Kier molecular flexibility index (Phi) is 3.36. The summed E-state index contributed by atoms with van der Waals surface area (Å²) in [6.45, 7) is 0.592. The van der Waals surface area contributed by atoms with Gasteiger partial charge in [0.05, 0.1) is 0 Å². The highest BCUT2D eigenvalue weighted by Crippen LogP contribution is 2.32. The van der Waals surface area contributed by atoms with Crippen LogP contribution in [0.4, 0.5) is 0 Å². The third kappa shape index (κ3) is 2.63. The Labute approximate surface area is 120 Å². The van der Waals surface area contributed by atoms with Crippen molar-refractivity contribution in [3.63, 3.8) is 0 Å². The van der Waals surface area contributed by atoms with Crippen LogP contribution in [0.1, 0.15) is 28.8 Å². The summed E-state index contributed by atoms with van der Waals surface area (Å²) in [5.74, 6) is -0.575. The standard InChI is InChI=1S/C15H15NO3S/c17-13-4-1-11(7-14(13)18)15(19)16(12-2-3-12)8-10-5-6-20-9-10/h1,4-7,9,12,17-18H,2-3,8H2. The lowest BCUT2D eigenvalue weighted by atomic mass is 10.1. The zero-order valence-corrected chi connectivity index (χ0v) is 11.6. The highest BCUT2D eigenvalue weighted by Gasteiger charge is 2.33. The number of phenolic OH excluding ortho intramolecular Hbond substituents is 2. The Balaban J connectivity index is 1.83. The summed E-state index contributed by atoms with van der Waals surface area (Å²) in [5.41, 5.74) is 1.53. The molecule has 1 aromatic heterocycles. The minimum absolute atomic E-state index is 0.103. The topological polar surface area (TPSA) is 60.8 Å². The second-order valence-electron chi connectivity index (χ2n) is 5.00. The van der Waals surface area contributed by atoms with Gasteiger partial charge in [-0.1, -0.05) is 0 Å². The Hall–Kier alpha value is -2.01. The molecule has 1 heterocycles. The van der Waals surface area contributed by atoms with E-state index < -0.39 is 0 Å². The van der Waals surface area contributed by atoms with Gasteiger partial charge in [-0.05, 0) is 53.4 Å². The predicted molar refractivity (Wildman–Crippen MR) is 77.0 cm³/mol. The van der Waals surface area contributed by atoms with Gasteiger partial charge in [0.15, 0.2) is 11.5 Å². The fourth-order valence-corrected chi connectivity index (χ4v) is 2.81. The molecule has 104 valence electrons. The maximum Gasteiger partial charge on any atom is 0.254 e. The molecule has 1 saturated carbocycles. The van der Waals surface area contributed by atoms with E-state index >= 15 is 0 Å². The molecule has 1 aliphatic rings. The number of hydrogen-bond donors (Lipinski definition) is 2. The number of amides is 1. The van der Waals surface area contributed by atoms with Gasteiger partial charge in [0, 0.05) is 18.2 Å². The zero-order chi connectivity index (χ0) is 14.1. The number of hydrogen-bond acceptors (Lipinski definition) is 4. The van der Waals surface area contributed by atoms with Crippen molar-refractivity contribution in [2.75, 3.05) is 0 Å². The number of carbonyl (C=O) groups excluding carboxylic acids is 1. The summed E-state index contributed by atoms with van der Waals surface area (Å²) in [4.78, 5) is 14.4. The van der Waals surface area contributed by atoms with Gasteiger partial charge >= 0.3 is 0 Å². The SMILES string of the molecule is O=C(c1ccc(O)c(O)c1)N(Cc1ccsc1)C1CC1. The summed E-state index contributed by atoms with van der Waals surface area (Å²) in [6, 6.07) is 6.51. The van der Waals surface area contributed by atoms with Gasteiger partial charge in [0.1, 0.15) is 0 Å². The molecular formula is C15H15NO3S. The maximum absolute atomic E-state index is 12.6. The number of phenols is 2. The Morgan fingerprint density at radius 1 is 1.25 bits per heavy atom. The van der Waals surface area contributed by atoms with Crippen LogP contribution in [0, 0.1) is 0 Å². The average Bonchev–Trinajstić information content (AvgIpc) is 3.15. The van der Waals surface area contributed by atoms with Crippen LogP contribution in [0.25, 0.3) is 0 Å². The molecule has 1 fully saturated rings. The maximum atomic E-state index is 12.6. The molecule has 1 amide bonds. The lowest BCUT2D eigenvalue weighted by molar-refractivity contribution is 0.0729. The first-order chi connectivity index (χ1) is 9.65. The molecule has 0 atom stereocenters. The normalized spacial score (nSPS) is 14.2. The highest BCUT2D eigenvalue weighted by atomic mass is 32.1. The molecule has 3 rings (SSSR count). The molecule has 4 nitrogen and oxygen atoms in total. The van der Waals surface area contributed by atoms with E-state index in [0.717, 1.165) is 18.4 Å². The van der Waals surface area contributed by atoms with E-state index in [1.807, 2.05) is 21.7 Å². The number of rotatable bonds is 4. The van der Waals surface area contributed by atoms with E-state index in [0.29, 0.717) is 18.2 Å². The van der Waals surface area contributed by atoms with Gasteiger partial charge in [0.25, 0.3) is 5.91 Å². The van der Waals surface area contributed by atoms with Crippen LogP contribution in [-0.2, 0) is 6.54 Å².